The molecule has 1 aliphatic rings. The van der Waals surface area contributed by atoms with Crippen LogP contribution in [0.5, 0.6) is 5.75 Å². The number of aliphatic hydroxyl groups excluding tert-OH is 1. The van der Waals surface area contributed by atoms with Gasteiger partial charge in [0, 0.05) is 12.1 Å². The second kappa shape index (κ2) is 6.07. The molecule has 1 fully saturated rings. The van der Waals surface area contributed by atoms with E-state index < -0.39 is 6.10 Å². The number of rotatable bonds is 3. The topological polar surface area (TPSA) is 58.6 Å². The van der Waals surface area contributed by atoms with E-state index in [9.17, 15) is 9.90 Å². The van der Waals surface area contributed by atoms with Gasteiger partial charge in [-0.3, -0.25) is 4.79 Å². The second-order valence-corrected chi connectivity index (χ2v) is 4.69. The van der Waals surface area contributed by atoms with Crippen LogP contribution in [0.2, 0.25) is 5.02 Å². The number of aliphatic hydroxyl groups is 1. The van der Waals surface area contributed by atoms with Gasteiger partial charge in [-0.15, -0.1) is 0 Å². The van der Waals surface area contributed by atoms with Crippen molar-refractivity contribution < 1.29 is 14.6 Å². The second-order valence-electron chi connectivity index (χ2n) is 4.28. The molecule has 0 saturated carbocycles. The van der Waals surface area contributed by atoms with Crippen molar-refractivity contribution in [1.29, 1.82) is 0 Å². The quantitative estimate of drug-likeness (QED) is 0.881. The first-order chi connectivity index (χ1) is 8.72. The first kappa shape index (κ1) is 13.2. The zero-order chi connectivity index (χ0) is 13.0. The van der Waals surface area contributed by atoms with Gasteiger partial charge in [-0.25, -0.2) is 0 Å². The molecule has 0 aliphatic carbocycles. The number of hydrogen-bond acceptors (Lipinski definition) is 3. The predicted molar refractivity (Wildman–Crippen MR) is 68.7 cm³/mol. The van der Waals surface area contributed by atoms with Crippen LogP contribution in [0.3, 0.4) is 0 Å². The molecule has 4 nitrogen and oxygen atoms in total. The van der Waals surface area contributed by atoms with Crippen molar-refractivity contribution in [2.45, 2.75) is 32.0 Å². The van der Waals surface area contributed by atoms with E-state index >= 15 is 0 Å². The van der Waals surface area contributed by atoms with Crippen LogP contribution >= 0.6 is 11.6 Å². The third-order valence-corrected chi connectivity index (χ3v) is 3.26. The lowest BCUT2D eigenvalue weighted by atomic mass is 10.1. The molecule has 0 bridgehead atoms. The highest BCUT2D eigenvalue weighted by Gasteiger charge is 2.24. The summed E-state index contributed by atoms with van der Waals surface area (Å²) < 4.78 is 5.70. The first-order valence-electron chi connectivity index (χ1n) is 6.05. The molecule has 1 unspecified atom stereocenters. The monoisotopic (exact) mass is 269 g/mol. The summed E-state index contributed by atoms with van der Waals surface area (Å²) in [5, 5.41) is 12.5. The van der Waals surface area contributed by atoms with Gasteiger partial charge in [-0.2, -0.15) is 0 Å². The van der Waals surface area contributed by atoms with Crippen LogP contribution in [0.15, 0.2) is 18.2 Å². The van der Waals surface area contributed by atoms with Gasteiger partial charge < -0.3 is 15.2 Å². The molecule has 2 N–H and O–H groups in total. The van der Waals surface area contributed by atoms with Gasteiger partial charge >= 0.3 is 0 Å². The molecule has 2 rings (SSSR count). The molecule has 1 atom stereocenters. The smallest absolute Gasteiger partial charge is 0.261 e. The molecule has 1 heterocycles. The zero-order valence-corrected chi connectivity index (χ0v) is 10.7. The van der Waals surface area contributed by atoms with E-state index in [1.165, 1.54) is 0 Å². The number of amides is 1. The number of benzene rings is 1. The molecule has 0 aromatic heterocycles. The zero-order valence-electron chi connectivity index (χ0n) is 9.99. The van der Waals surface area contributed by atoms with Crippen molar-refractivity contribution in [3.63, 3.8) is 0 Å². The van der Waals surface area contributed by atoms with Crippen molar-refractivity contribution in [1.82, 2.24) is 5.32 Å². The summed E-state index contributed by atoms with van der Waals surface area (Å²) in [6.07, 6.45) is 2.03. The van der Waals surface area contributed by atoms with Crippen LogP contribution in [0.4, 0.5) is 0 Å². The normalized spacial score (nSPS) is 20.1. The Bertz CT molecular complexity index is 436. The summed E-state index contributed by atoms with van der Waals surface area (Å²) >= 11 is 6.05. The van der Waals surface area contributed by atoms with Crippen LogP contribution < -0.4 is 10.1 Å². The average Bonchev–Trinajstić information content (AvgIpc) is 2.57. The molecule has 98 valence electrons. The van der Waals surface area contributed by atoms with E-state index in [1.54, 1.807) is 18.2 Å². The lowest BCUT2D eigenvalue weighted by Crippen LogP contribution is -2.36. The number of carbonyl (C=O) groups excluding carboxylic acids is 1. The molecule has 0 spiro atoms. The minimum atomic E-state index is -0.530. The number of hydrogen-bond donors (Lipinski definition) is 2. The van der Waals surface area contributed by atoms with E-state index in [0.29, 0.717) is 29.3 Å². The maximum atomic E-state index is 11.8. The summed E-state index contributed by atoms with van der Waals surface area (Å²) in [4.78, 5) is 11.8. The highest BCUT2D eigenvalue weighted by molar-refractivity contribution is 6.32. The largest absolute Gasteiger partial charge is 0.479 e. The Morgan fingerprint density at radius 3 is 3.06 bits per heavy atom. The molecule has 5 heteroatoms. The molecule has 18 heavy (non-hydrogen) atoms. The van der Waals surface area contributed by atoms with Gasteiger partial charge in [-0.05, 0) is 25.3 Å². The SMILES string of the molecule is O=C1NCCCCC1Oc1c(Cl)cccc1CO. The Labute approximate surface area is 111 Å². The highest BCUT2D eigenvalue weighted by atomic mass is 35.5. The van der Waals surface area contributed by atoms with Crippen molar-refractivity contribution in [2.24, 2.45) is 0 Å². The molecule has 0 radical (unpaired) electrons. The maximum Gasteiger partial charge on any atom is 0.261 e. The number of nitrogens with one attached hydrogen (secondary N) is 1. The van der Waals surface area contributed by atoms with Crippen LogP contribution in [0.25, 0.3) is 0 Å². The summed E-state index contributed by atoms with van der Waals surface area (Å²) in [6, 6.07) is 5.16. The maximum absolute atomic E-state index is 11.8. The van der Waals surface area contributed by atoms with Crippen LogP contribution in [-0.2, 0) is 11.4 Å². The van der Waals surface area contributed by atoms with Gasteiger partial charge in [0.05, 0.1) is 11.6 Å². The Hall–Kier alpha value is -1.26. The minimum absolute atomic E-state index is 0.115. The van der Waals surface area contributed by atoms with Crippen molar-refractivity contribution >= 4 is 17.5 Å². The van der Waals surface area contributed by atoms with E-state index in [2.05, 4.69) is 5.32 Å². The van der Waals surface area contributed by atoms with E-state index in [4.69, 9.17) is 16.3 Å². The van der Waals surface area contributed by atoms with Crippen molar-refractivity contribution in [3.05, 3.63) is 28.8 Å². The van der Waals surface area contributed by atoms with Crippen molar-refractivity contribution in [2.75, 3.05) is 6.54 Å². The van der Waals surface area contributed by atoms with Crippen LogP contribution in [0.1, 0.15) is 24.8 Å². The molecule has 1 saturated heterocycles. The summed E-state index contributed by atoms with van der Waals surface area (Å²) in [5.74, 6) is 0.292. The predicted octanol–water partition coefficient (Wildman–Crippen LogP) is 1.88. The standard InChI is InChI=1S/C13H16ClNO3/c14-10-5-3-4-9(8-16)12(10)18-11-6-1-2-7-15-13(11)17/h3-5,11,16H,1-2,6-8H2,(H,15,17). The number of ether oxygens (including phenoxy) is 1. The lowest BCUT2D eigenvalue weighted by Gasteiger charge is -2.18. The molecular formula is C13H16ClNO3. The van der Waals surface area contributed by atoms with E-state index in [-0.39, 0.29) is 12.5 Å². The van der Waals surface area contributed by atoms with Gasteiger partial charge in [0.25, 0.3) is 5.91 Å². The third kappa shape index (κ3) is 2.94. The first-order valence-corrected chi connectivity index (χ1v) is 6.43. The van der Waals surface area contributed by atoms with E-state index in [0.717, 1.165) is 12.8 Å². The summed E-state index contributed by atoms with van der Waals surface area (Å²) in [7, 11) is 0. The molecule has 1 aromatic rings. The lowest BCUT2D eigenvalue weighted by molar-refractivity contribution is -0.127. The number of carbonyl (C=O) groups is 1. The average molecular weight is 270 g/mol. The van der Waals surface area contributed by atoms with Gasteiger partial charge in [0.15, 0.2) is 6.10 Å². The Balaban J connectivity index is 2.19. The van der Waals surface area contributed by atoms with Gasteiger partial charge in [0.1, 0.15) is 5.75 Å². The fraction of sp³-hybridized carbons (Fsp3) is 0.462. The minimum Gasteiger partial charge on any atom is -0.479 e. The Morgan fingerprint density at radius 2 is 2.28 bits per heavy atom. The summed E-state index contributed by atoms with van der Waals surface area (Å²) in [5.41, 5.74) is 0.597. The molecule has 1 aliphatic heterocycles. The van der Waals surface area contributed by atoms with Crippen molar-refractivity contribution in [3.8, 4) is 5.75 Å². The molecule has 1 aromatic carbocycles. The fourth-order valence-corrected chi connectivity index (χ4v) is 2.21. The number of halogens is 1. The highest BCUT2D eigenvalue weighted by Crippen LogP contribution is 2.30. The molecular weight excluding hydrogens is 254 g/mol. The van der Waals surface area contributed by atoms with E-state index in [1.807, 2.05) is 0 Å². The Morgan fingerprint density at radius 1 is 1.44 bits per heavy atom. The fourth-order valence-electron chi connectivity index (χ4n) is 1.98. The van der Waals surface area contributed by atoms with Gasteiger partial charge in [-0.1, -0.05) is 23.7 Å². The number of para-hydroxylation sites is 1. The van der Waals surface area contributed by atoms with Gasteiger partial charge in [0.2, 0.25) is 0 Å². The molecule has 1 amide bonds. The third-order valence-electron chi connectivity index (χ3n) is 2.96. The summed E-state index contributed by atoms with van der Waals surface area (Å²) in [6.45, 7) is 0.526. The Kier molecular flexibility index (Phi) is 4.44. The van der Waals surface area contributed by atoms with Crippen LogP contribution in [0, 0.1) is 0 Å². The van der Waals surface area contributed by atoms with Crippen LogP contribution in [-0.4, -0.2) is 23.7 Å².